The van der Waals surface area contributed by atoms with Gasteiger partial charge in [0.05, 0.1) is 0 Å². The number of hydrogen-bond donors (Lipinski definition) is 2. The maximum absolute atomic E-state index is 9.63. The van der Waals surface area contributed by atoms with Crippen LogP contribution in [0.3, 0.4) is 0 Å². The molecular formula is C10H19N3O. The molecular weight excluding hydrogens is 178 g/mol. The van der Waals surface area contributed by atoms with E-state index in [2.05, 4.69) is 22.1 Å². The highest BCUT2D eigenvalue weighted by molar-refractivity contribution is 4.85. The van der Waals surface area contributed by atoms with Gasteiger partial charge in [-0.3, -0.25) is 5.10 Å². The summed E-state index contributed by atoms with van der Waals surface area (Å²) in [6, 6.07) is 0. The maximum Gasteiger partial charge on any atom is 0.153 e. The van der Waals surface area contributed by atoms with Crippen LogP contribution >= 0.6 is 0 Å². The first kappa shape index (κ1) is 11.2. The van der Waals surface area contributed by atoms with Gasteiger partial charge in [-0.15, -0.1) is 0 Å². The normalized spacial score (nSPS) is 13.0. The third-order valence-electron chi connectivity index (χ3n) is 2.33. The summed E-state index contributed by atoms with van der Waals surface area (Å²) in [6.07, 6.45) is 7.79. The summed E-state index contributed by atoms with van der Waals surface area (Å²) in [7, 11) is 0. The van der Waals surface area contributed by atoms with Crippen LogP contribution < -0.4 is 0 Å². The van der Waals surface area contributed by atoms with Crippen LogP contribution in [0.1, 0.15) is 57.4 Å². The number of H-pyrrole nitrogens is 1. The van der Waals surface area contributed by atoms with Gasteiger partial charge in [0, 0.05) is 0 Å². The lowest BCUT2D eigenvalue weighted by molar-refractivity contribution is 0.154. The predicted octanol–water partition coefficient (Wildman–Crippen LogP) is 2.20. The number of aliphatic hydroxyl groups is 1. The quantitative estimate of drug-likeness (QED) is 0.659. The predicted molar refractivity (Wildman–Crippen MR) is 54.7 cm³/mol. The Bertz CT molecular complexity index is 223. The average Bonchev–Trinajstić information content (AvgIpc) is 2.70. The van der Waals surface area contributed by atoms with Crippen LogP contribution in [0.15, 0.2) is 6.33 Å². The maximum atomic E-state index is 9.63. The van der Waals surface area contributed by atoms with Gasteiger partial charge in [0.1, 0.15) is 12.4 Å². The fourth-order valence-corrected chi connectivity index (χ4v) is 1.45. The van der Waals surface area contributed by atoms with Crippen LogP contribution in [0.5, 0.6) is 0 Å². The molecule has 0 bridgehead atoms. The van der Waals surface area contributed by atoms with E-state index < -0.39 is 6.10 Å². The highest BCUT2D eigenvalue weighted by atomic mass is 16.3. The molecule has 0 aliphatic carbocycles. The molecule has 14 heavy (non-hydrogen) atoms. The van der Waals surface area contributed by atoms with Gasteiger partial charge in [0.25, 0.3) is 0 Å². The van der Waals surface area contributed by atoms with Gasteiger partial charge in [-0.2, -0.15) is 5.10 Å². The fraction of sp³-hybridized carbons (Fsp3) is 0.800. The van der Waals surface area contributed by atoms with Gasteiger partial charge in [-0.1, -0.05) is 39.0 Å². The van der Waals surface area contributed by atoms with Crippen LogP contribution in [0.4, 0.5) is 0 Å². The van der Waals surface area contributed by atoms with Gasteiger partial charge in [0.15, 0.2) is 5.82 Å². The van der Waals surface area contributed by atoms with Crippen molar-refractivity contribution in [3.63, 3.8) is 0 Å². The largest absolute Gasteiger partial charge is 0.385 e. The number of rotatable bonds is 7. The molecule has 4 nitrogen and oxygen atoms in total. The second-order valence-corrected chi connectivity index (χ2v) is 3.59. The number of aromatic amines is 1. The molecule has 0 saturated carbocycles. The molecule has 2 N–H and O–H groups in total. The van der Waals surface area contributed by atoms with Crippen molar-refractivity contribution in [2.24, 2.45) is 0 Å². The second kappa shape index (κ2) is 6.54. The van der Waals surface area contributed by atoms with Crippen molar-refractivity contribution in [2.45, 2.75) is 51.6 Å². The van der Waals surface area contributed by atoms with Crippen molar-refractivity contribution < 1.29 is 5.11 Å². The minimum Gasteiger partial charge on any atom is -0.385 e. The van der Waals surface area contributed by atoms with Crippen molar-refractivity contribution in [3.8, 4) is 0 Å². The monoisotopic (exact) mass is 197 g/mol. The Balaban J connectivity index is 2.07. The van der Waals surface area contributed by atoms with Crippen LogP contribution in [-0.4, -0.2) is 20.3 Å². The standard InChI is InChI=1S/C10H19N3O/c1-2-3-4-5-6-7-9(14)10-11-8-12-13-10/h8-9,14H,2-7H2,1H3,(H,11,12,13). The Morgan fingerprint density at radius 3 is 2.79 bits per heavy atom. The molecule has 0 amide bonds. The molecule has 0 aromatic carbocycles. The molecule has 0 radical (unpaired) electrons. The lowest BCUT2D eigenvalue weighted by Crippen LogP contribution is -1.99. The molecule has 1 atom stereocenters. The zero-order valence-electron chi connectivity index (χ0n) is 8.74. The molecule has 0 fully saturated rings. The number of aromatic nitrogens is 3. The molecule has 80 valence electrons. The number of nitrogens with one attached hydrogen (secondary N) is 1. The number of unbranched alkanes of at least 4 members (excludes halogenated alkanes) is 4. The molecule has 0 aliphatic rings. The topological polar surface area (TPSA) is 61.8 Å². The minimum absolute atomic E-state index is 0.473. The van der Waals surface area contributed by atoms with Gasteiger partial charge in [-0.05, 0) is 6.42 Å². The smallest absolute Gasteiger partial charge is 0.153 e. The third-order valence-corrected chi connectivity index (χ3v) is 2.33. The van der Waals surface area contributed by atoms with E-state index in [4.69, 9.17) is 0 Å². The average molecular weight is 197 g/mol. The summed E-state index contributed by atoms with van der Waals surface area (Å²) in [5, 5.41) is 16.0. The molecule has 1 unspecified atom stereocenters. The van der Waals surface area contributed by atoms with Crippen molar-refractivity contribution in [2.75, 3.05) is 0 Å². The molecule has 0 spiro atoms. The Morgan fingerprint density at radius 1 is 1.36 bits per heavy atom. The van der Waals surface area contributed by atoms with E-state index in [9.17, 15) is 5.11 Å². The SMILES string of the molecule is CCCCCCCC(O)c1ncn[nH]1. The highest BCUT2D eigenvalue weighted by Crippen LogP contribution is 2.15. The van der Waals surface area contributed by atoms with Gasteiger partial charge >= 0.3 is 0 Å². The molecule has 0 aliphatic heterocycles. The van der Waals surface area contributed by atoms with E-state index in [0.29, 0.717) is 5.82 Å². The zero-order valence-corrected chi connectivity index (χ0v) is 8.74. The van der Waals surface area contributed by atoms with Crippen LogP contribution in [0, 0.1) is 0 Å². The lowest BCUT2D eigenvalue weighted by Gasteiger charge is -2.06. The van der Waals surface area contributed by atoms with Crippen molar-refractivity contribution >= 4 is 0 Å². The highest BCUT2D eigenvalue weighted by Gasteiger charge is 2.08. The summed E-state index contributed by atoms with van der Waals surface area (Å²) < 4.78 is 0. The van der Waals surface area contributed by atoms with Gasteiger partial charge < -0.3 is 5.11 Å². The summed E-state index contributed by atoms with van der Waals surface area (Å²) in [5.41, 5.74) is 0. The first-order chi connectivity index (χ1) is 6.84. The Labute approximate surface area is 84.8 Å². The van der Waals surface area contributed by atoms with E-state index >= 15 is 0 Å². The minimum atomic E-state index is -0.473. The van der Waals surface area contributed by atoms with E-state index in [1.165, 1.54) is 32.0 Å². The van der Waals surface area contributed by atoms with Crippen molar-refractivity contribution in [1.82, 2.24) is 15.2 Å². The van der Waals surface area contributed by atoms with Crippen molar-refractivity contribution in [1.29, 1.82) is 0 Å². The van der Waals surface area contributed by atoms with Gasteiger partial charge in [-0.25, -0.2) is 4.98 Å². The molecule has 1 heterocycles. The van der Waals surface area contributed by atoms with Crippen LogP contribution in [0.25, 0.3) is 0 Å². The van der Waals surface area contributed by atoms with Crippen molar-refractivity contribution in [3.05, 3.63) is 12.2 Å². The van der Waals surface area contributed by atoms with E-state index in [1.54, 1.807) is 0 Å². The summed E-state index contributed by atoms with van der Waals surface area (Å²) in [5.74, 6) is 0.584. The lowest BCUT2D eigenvalue weighted by atomic mass is 10.1. The first-order valence-electron chi connectivity index (χ1n) is 5.38. The molecule has 4 heteroatoms. The summed E-state index contributed by atoms with van der Waals surface area (Å²) in [4.78, 5) is 3.91. The first-order valence-corrected chi connectivity index (χ1v) is 5.38. The molecule has 1 aromatic heterocycles. The molecule has 1 rings (SSSR count). The summed E-state index contributed by atoms with van der Waals surface area (Å²) in [6.45, 7) is 2.20. The number of hydrogen-bond acceptors (Lipinski definition) is 3. The van der Waals surface area contributed by atoms with E-state index in [-0.39, 0.29) is 0 Å². The Hall–Kier alpha value is -0.900. The van der Waals surface area contributed by atoms with E-state index in [0.717, 1.165) is 12.8 Å². The Morgan fingerprint density at radius 2 is 2.14 bits per heavy atom. The van der Waals surface area contributed by atoms with E-state index in [1.807, 2.05) is 0 Å². The van der Waals surface area contributed by atoms with Gasteiger partial charge in [0.2, 0.25) is 0 Å². The second-order valence-electron chi connectivity index (χ2n) is 3.59. The fourth-order valence-electron chi connectivity index (χ4n) is 1.45. The third kappa shape index (κ3) is 3.87. The number of nitrogens with zero attached hydrogens (tertiary/aromatic N) is 2. The number of aliphatic hydroxyl groups excluding tert-OH is 1. The zero-order chi connectivity index (χ0) is 10.2. The molecule has 1 aromatic rings. The van der Waals surface area contributed by atoms with Crippen LogP contribution in [0.2, 0.25) is 0 Å². The van der Waals surface area contributed by atoms with Crippen LogP contribution in [-0.2, 0) is 0 Å². The Kier molecular flexibility index (Phi) is 5.22. The summed E-state index contributed by atoms with van der Waals surface area (Å²) >= 11 is 0. The molecule has 0 saturated heterocycles.